The van der Waals surface area contributed by atoms with Crippen LogP contribution in [0.1, 0.15) is 18.4 Å². The van der Waals surface area contributed by atoms with Crippen LogP contribution < -0.4 is 0 Å². The molecule has 0 bridgehead atoms. The Morgan fingerprint density at radius 1 is 0.680 bits per heavy atom. The molecule has 0 aliphatic rings. The molecule has 0 fully saturated rings. The molecular weight excluding hydrogens is 306 g/mol. The fourth-order valence-electron chi connectivity index (χ4n) is 2.28. The predicted octanol–water partition coefficient (Wildman–Crippen LogP) is 5.86. The largest absolute Gasteiger partial charge is 0.377 e. The number of nitriles is 1. The summed E-state index contributed by atoms with van der Waals surface area (Å²) in [6.45, 7) is 1.31. The molecule has 3 rings (SSSR count). The van der Waals surface area contributed by atoms with Gasteiger partial charge in [0.05, 0.1) is 12.7 Å². The summed E-state index contributed by atoms with van der Waals surface area (Å²) in [6, 6.07) is 32.9. The highest BCUT2D eigenvalue weighted by atomic mass is 16.5. The number of hydrogen-bond acceptors (Lipinski definition) is 2. The highest BCUT2D eigenvalue weighted by Crippen LogP contribution is 2.17. The molecule has 0 N–H and O–H groups in total. The second-order valence-corrected chi connectivity index (χ2v) is 5.53. The minimum Gasteiger partial charge on any atom is -0.377 e. The van der Waals surface area contributed by atoms with Crippen LogP contribution in [-0.2, 0) is 11.3 Å². The third kappa shape index (κ3) is 7.48. The molecule has 0 saturated carbocycles. The molecule has 0 radical (unpaired) electrons. The van der Waals surface area contributed by atoms with Crippen molar-refractivity contribution < 1.29 is 4.74 Å². The van der Waals surface area contributed by atoms with Crippen molar-refractivity contribution in [2.75, 3.05) is 6.61 Å². The standard InChI is InChI=1S/C12H10.C11H13NO/c1-3-7-11(8-4-1)12-9-5-2-6-10-12;12-8-4-5-9-13-10-11-6-2-1-3-7-11/h1-10H;1-3,6-7H,4-5,9-10H2. The number of nitrogens with zero attached hydrogens (tertiary/aromatic N) is 1. The molecule has 3 aromatic rings. The minimum atomic E-state index is 0.578. The Labute approximate surface area is 150 Å². The topological polar surface area (TPSA) is 33.0 Å². The van der Waals surface area contributed by atoms with Crippen LogP contribution in [0.3, 0.4) is 0 Å². The Morgan fingerprint density at radius 3 is 1.64 bits per heavy atom. The van der Waals surface area contributed by atoms with E-state index in [1.165, 1.54) is 16.7 Å². The van der Waals surface area contributed by atoms with Gasteiger partial charge in [-0.1, -0.05) is 91.0 Å². The van der Waals surface area contributed by atoms with Crippen LogP contribution in [0.5, 0.6) is 0 Å². The predicted molar refractivity (Wildman–Crippen MR) is 103 cm³/mol. The normalized spacial score (nSPS) is 9.56. The molecule has 3 aromatic carbocycles. The first-order chi connectivity index (χ1) is 12.4. The van der Waals surface area contributed by atoms with Gasteiger partial charge in [0.2, 0.25) is 0 Å². The summed E-state index contributed by atoms with van der Waals surface area (Å²) in [5.74, 6) is 0. The summed E-state index contributed by atoms with van der Waals surface area (Å²) in [7, 11) is 0. The zero-order chi connectivity index (χ0) is 17.6. The molecule has 25 heavy (non-hydrogen) atoms. The lowest BCUT2D eigenvalue weighted by molar-refractivity contribution is 0.119. The zero-order valence-electron chi connectivity index (χ0n) is 14.3. The fraction of sp³-hybridized carbons (Fsp3) is 0.174. The van der Waals surface area contributed by atoms with Gasteiger partial charge in [0.15, 0.2) is 0 Å². The summed E-state index contributed by atoms with van der Waals surface area (Å²) in [6.07, 6.45) is 1.40. The Morgan fingerprint density at radius 2 is 1.16 bits per heavy atom. The van der Waals surface area contributed by atoms with E-state index in [2.05, 4.69) is 54.6 Å². The Hall–Kier alpha value is -2.89. The first kappa shape index (κ1) is 18.4. The van der Waals surface area contributed by atoms with Crippen molar-refractivity contribution in [3.05, 3.63) is 96.6 Å². The van der Waals surface area contributed by atoms with E-state index in [-0.39, 0.29) is 0 Å². The van der Waals surface area contributed by atoms with Crippen molar-refractivity contribution in [1.82, 2.24) is 0 Å². The van der Waals surface area contributed by atoms with Gasteiger partial charge in [0, 0.05) is 13.0 Å². The smallest absolute Gasteiger partial charge is 0.0716 e. The van der Waals surface area contributed by atoms with Gasteiger partial charge in [0.1, 0.15) is 0 Å². The van der Waals surface area contributed by atoms with Gasteiger partial charge in [-0.2, -0.15) is 5.26 Å². The zero-order valence-corrected chi connectivity index (χ0v) is 14.3. The van der Waals surface area contributed by atoms with Crippen LogP contribution in [0.25, 0.3) is 11.1 Å². The molecule has 0 unspecified atom stereocenters. The molecule has 0 amide bonds. The third-order valence-electron chi connectivity index (χ3n) is 3.57. The van der Waals surface area contributed by atoms with E-state index in [0.717, 1.165) is 6.42 Å². The maximum atomic E-state index is 8.28. The van der Waals surface area contributed by atoms with Gasteiger partial charge in [-0.25, -0.2) is 0 Å². The van der Waals surface area contributed by atoms with Gasteiger partial charge >= 0.3 is 0 Å². The fourth-order valence-corrected chi connectivity index (χ4v) is 2.28. The van der Waals surface area contributed by atoms with E-state index < -0.39 is 0 Å². The summed E-state index contributed by atoms with van der Waals surface area (Å²) in [4.78, 5) is 0. The maximum absolute atomic E-state index is 8.28. The molecule has 2 heteroatoms. The average Bonchev–Trinajstić information content (AvgIpc) is 2.70. The molecule has 0 atom stereocenters. The van der Waals surface area contributed by atoms with Crippen molar-refractivity contribution >= 4 is 0 Å². The van der Waals surface area contributed by atoms with E-state index >= 15 is 0 Å². The van der Waals surface area contributed by atoms with Crippen molar-refractivity contribution in [2.24, 2.45) is 0 Å². The van der Waals surface area contributed by atoms with Crippen molar-refractivity contribution in [3.8, 4) is 17.2 Å². The maximum Gasteiger partial charge on any atom is 0.0716 e. The molecule has 2 nitrogen and oxygen atoms in total. The second-order valence-electron chi connectivity index (χ2n) is 5.53. The van der Waals surface area contributed by atoms with Crippen molar-refractivity contribution in [3.63, 3.8) is 0 Å². The molecule has 0 aliphatic heterocycles. The van der Waals surface area contributed by atoms with E-state index in [1.807, 2.05) is 42.5 Å². The molecule has 0 spiro atoms. The average molecular weight is 329 g/mol. The summed E-state index contributed by atoms with van der Waals surface area (Å²) < 4.78 is 5.37. The minimum absolute atomic E-state index is 0.578. The molecule has 0 saturated heterocycles. The van der Waals surface area contributed by atoms with Gasteiger partial charge in [-0.15, -0.1) is 0 Å². The lowest BCUT2D eigenvalue weighted by Crippen LogP contribution is -1.94. The number of ether oxygens (including phenoxy) is 1. The van der Waals surface area contributed by atoms with Gasteiger partial charge in [-0.05, 0) is 23.1 Å². The van der Waals surface area contributed by atoms with E-state index in [1.54, 1.807) is 0 Å². The van der Waals surface area contributed by atoms with Crippen molar-refractivity contribution in [2.45, 2.75) is 19.4 Å². The number of rotatable bonds is 6. The lowest BCUT2D eigenvalue weighted by Gasteiger charge is -2.01. The molecule has 0 aliphatic carbocycles. The highest BCUT2D eigenvalue weighted by molar-refractivity contribution is 5.62. The van der Waals surface area contributed by atoms with Crippen LogP contribution in [0.4, 0.5) is 0 Å². The van der Waals surface area contributed by atoms with Gasteiger partial charge in [0.25, 0.3) is 0 Å². The summed E-state index contributed by atoms with van der Waals surface area (Å²) in [5, 5.41) is 8.28. The Bertz CT molecular complexity index is 696. The molecule has 0 aromatic heterocycles. The van der Waals surface area contributed by atoms with E-state index in [0.29, 0.717) is 19.6 Å². The molecule has 126 valence electrons. The number of hydrogen-bond donors (Lipinski definition) is 0. The second kappa shape index (κ2) is 11.6. The van der Waals surface area contributed by atoms with Crippen LogP contribution in [0.2, 0.25) is 0 Å². The quantitative estimate of drug-likeness (QED) is 0.531. The Balaban J connectivity index is 0.000000181. The van der Waals surface area contributed by atoms with Crippen LogP contribution >= 0.6 is 0 Å². The van der Waals surface area contributed by atoms with Crippen LogP contribution in [-0.4, -0.2) is 6.61 Å². The summed E-state index contributed by atoms with van der Waals surface area (Å²) >= 11 is 0. The first-order valence-corrected chi connectivity index (χ1v) is 8.49. The molecule has 0 heterocycles. The van der Waals surface area contributed by atoms with Crippen LogP contribution in [0, 0.1) is 11.3 Å². The SMILES string of the molecule is N#CCCCOCc1ccccc1.c1ccc(-c2ccccc2)cc1. The number of unbranched alkanes of at least 4 members (excludes halogenated alkanes) is 1. The van der Waals surface area contributed by atoms with E-state index in [9.17, 15) is 0 Å². The first-order valence-electron chi connectivity index (χ1n) is 8.49. The lowest BCUT2D eigenvalue weighted by atomic mass is 10.1. The van der Waals surface area contributed by atoms with Gasteiger partial charge in [-0.3, -0.25) is 0 Å². The molecular formula is C23H23NO. The van der Waals surface area contributed by atoms with E-state index in [4.69, 9.17) is 10.00 Å². The number of benzene rings is 3. The van der Waals surface area contributed by atoms with Crippen LogP contribution in [0.15, 0.2) is 91.0 Å². The van der Waals surface area contributed by atoms with Gasteiger partial charge < -0.3 is 4.74 Å². The monoisotopic (exact) mass is 329 g/mol. The summed E-state index contributed by atoms with van der Waals surface area (Å²) in [5.41, 5.74) is 3.73. The third-order valence-corrected chi connectivity index (χ3v) is 3.57. The highest BCUT2D eigenvalue weighted by Gasteiger charge is 1.92. The van der Waals surface area contributed by atoms with Crippen molar-refractivity contribution in [1.29, 1.82) is 5.26 Å². The Kier molecular flexibility index (Phi) is 8.57.